The zero-order chi connectivity index (χ0) is 26.2. The van der Waals surface area contributed by atoms with Crippen LogP contribution < -0.4 is 14.8 Å². The number of amides is 2. The van der Waals surface area contributed by atoms with Crippen LogP contribution in [0.2, 0.25) is 0 Å². The number of nitrogens with zero attached hydrogens (tertiary/aromatic N) is 1. The van der Waals surface area contributed by atoms with Crippen molar-refractivity contribution >= 4 is 11.8 Å². The molecule has 0 aliphatic carbocycles. The number of benzene rings is 3. The topological polar surface area (TPSA) is 67.9 Å². The number of rotatable bonds is 11. The summed E-state index contributed by atoms with van der Waals surface area (Å²) in [5.41, 5.74) is 4.14. The van der Waals surface area contributed by atoms with Gasteiger partial charge in [0.1, 0.15) is 6.04 Å². The van der Waals surface area contributed by atoms with E-state index in [9.17, 15) is 9.59 Å². The zero-order valence-corrected chi connectivity index (χ0v) is 21.9. The van der Waals surface area contributed by atoms with Crippen molar-refractivity contribution in [1.82, 2.24) is 10.2 Å². The van der Waals surface area contributed by atoms with E-state index < -0.39 is 6.04 Å². The van der Waals surface area contributed by atoms with Crippen LogP contribution >= 0.6 is 0 Å². The first-order valence-electron chi connectivity index (χ1n) is 13.0. The Labute approximate surface area is 219 Å². The maximum Gasteiger partial charge on any atom is 0.243 e. The van der Waals surface area contributed by atoms with Crippen molar-refractivity contribution in [3.63, 3.8) is 0 Å². The summed E-state index contributed by atoms with van der Waals surface area (Å²) >= 11 is 0. The second kappa shape index (κ2) is 12.4. The molecule has 6 heteroatoms. The summed E-state index contributed by atoms with van der Waals surface area (Å²) in [7, 11) is 0. The zero-order valence-electron chi connectivity index (χ0n) is 21.9. The number of hydrogen-bond acceptors (Lipinski definition) is 4. The van der Waals surface area contributed by atoms with Gasteiger partial charge in [0, 0.05) is 25.4 Å². The molecule has 0 radical (unpaired) electrons. The Morgan fingerprint density at radius 1 is 0.919 bits per heavy atom. The minimum Gasteiger partial charge on any atom is -0.454 e. The van der Waals surface area contributed by atoms with E-state index in [2.05, 4.69) is 11.4 Å². The molecule has 4 rings (SSSR count). The molecule has 194 valence electrons. The molecule has 1 aliphatic rings. The lowest BCUT2D eigenvalue weighted by atomic mass is 10.0. The summed E-state index contributed by atoms with van der Waals surface area (Å²) in [6.07, 6.45) is 2.10. The molecule has 0 unspecified atom stereocenters. The molecule has 37 heavy (non-hydrogen) atoms. The monoisotopic (exact) mass is 500 g/mol. The highest BCUT2D eigenvalue weighted by Gasteiger charge is 2.31. The molecule has 3 aromatic rings. The Bertz CT molecular complexity index is 1210. The van der Waals surface area contributed by atoms with Gasteiger partial charge >= 0.3 is 0 Å². The van der Waals surface area contributed by atoms with Crippen molar-refractivity contribution in [3.05, 3.63) is 95.1 Å². The molecule has 1 N–H and O–H groups in total. The van der Waals surface area contributed by atoms with Crippen molar-refractivity contribution < 1.29 is 19.1 Å². The summed E-state index contributed by atoms with van der Waals surface area (Å²) in [5, 5.41) is 3.12. The van der Waals surface area contributed by atoms with Crippen LogP contribution in [0.4, 0.5) is 0 Å². The van der Waals surface area contributed by atoms with E-state index in [1.165, 1.54) is 0 Å². The number of aryl methyl sites for hydroxylation is 2. The quantitative estimate of drug-likeness (QED) is 0.392. The first-order chi connectivity index (χ1) is 17.9. The molecule has 0 saturated heterocycles. The van der Waals surface area contributed by atoms with Gasteiger partial charge in [-0.1, -0.05) is 73.2 Å². The van der Waals surface area contributed by atoms with Crippen molar-refractivity contribution in [2.45, 2.75) is 65.1 Å². The maximum atomic E-state index is 13.8. The molecule has 1 aliphatic heterocycles. The maximum absolute atomic E-state index is 13.8. The molecule has 0 saturated carbocycles. The summed E-state index contributed by atoms with van der Waals surface area (Å²) in [4.78, 5) is 29.2. The van der Waals surface area contributed by atoms with Gasteiger partial charge in [-0.3, -0.25) is 9.59 Å². The van der Waals surface area contributed by atoms with E-state index in [1.54, 1.807) is 4.90 Å². The van der Waals surface area contributed by atoms with Crippen LogP contribution in [0.15, 0.2) is 72.8 Å². The van der Waals surface area contributed by atoms with Crippen molar-refractivity contribution in [2.24, 2.45) is 0 Å². The van der Waals surface area contributed by atoms with E-state index in [-0.39, 0.29) is 31.1 Å². The molecule has 0 fully saturated rings. The predicted octanol–water partition coefficient (Wildman–Crippen LogP) is 5.21. The number of hydrogen-bond donors (Lipinski definition) is 1. The Kier molecular flexibility index (Phi) is 8.83. The average Bonchev–Trinajstić information content (AvgIpc) is 3.38. The first-order valence-corrected chi connectivity index (χ1v) is 13.0. The highest BCUT2D eigenvalue weighted by atomic mass is 16.7. The summed E-state index contributed by atoms with van der Waals surface area (Å²) in [6, 6.07) is 23.2. The molecule has 1 heterocycles. The lowest BCUT2D eigenvalue weighted by molar-refractivity contribution is -0.141. The summed E-state index contributed by atoms with van der Waals surface area (Å²) < 4.78 is 10.9. The lowest BCUT2D eigenvalue weighted by Gasteiger charge is -2.32. The minimum absolute atomic E-state index is 0.0235. The van der Waals surface area contributed by atoms with E-state index in [1.807, 2.05) is 87.5 Å². The van der Waals surface area contributed by atoms with E-state index in [4.69, 9.17) is 9.47 Å². The lowest BCUT2D eigenvalue weighted by Crippen LogP contribution is -2.52. The van der Waals surface area contributed by atoms with Gasteiger partial charge in [0.05, 0.1) is 0 Å². The SMILES string of the molecule is CC[C@H](C)NC(=O)[C@H](Cc1ccccc1)N(Cc1cccc(C)c1)C(=O)CCc1ccc2c(c1)OCO2. The number of carbonyl (C=O) groups is 2. The molecule has 0 aromatic heterocycles. The third-order valence-corrected chi connectivity index (χ3v) is 6.77. The summed E-state index contributed by atoms with van der Waals surface area (Å²) in [6.45, 7) is 6.65. The van der Waals surface area contributed by atoms with Gasteiger partial charge < -0.3 is 19.7 Å². The molecular formula is C31H36N2O4. The molecule has 0 spiro atoms. The highest BCUT2D eigenvalue weighted by Crippen LogP contribution is 2.33. The number of ether oxygens (including phenoxy) is 2. The fourth-order valence-electron chi connectivity index (χ4n) is 4.49. The molecule has 2 atom stereocenters. The van der Waals surface area contributed by atoms with Crippen molar-refractivity contribution in [3.8, 4) is 11.5 Å². The van der Waals surface area contributed by atoms with Gasteiger partial charge in [0.25, 0.3) is 0 Å². The Morgan fingerprint density at radius 2 is 1.68 bits per heavy atom. The van der Waals surface area contributed by atoms with E-state index >= 15 is 0 Å². The standard InChI is InChI=1S/C31H36N2O4/c1-4-23(3)32-31(35)27(18-24-10-6-5-7-11-24)33(20-26-12-8-9-22(2)17-26)30(34)16-14-25-13-15-28-29(19-25)37-21-36-28/h5-13,15,17,19,23,27H,4,14,16,18,20-21H2,1-3H3,(H,32,35)/t23-,27-/m0/s1. The second-order valence-corrected chi connectivity index (χ2v) is 9.72. The average molecular weight is 501 g/mol. The van der Waals surface area contributed by atoms with Crippen LogP contribution in [-0.4, -0.2) is 35.6 Å². The van der Waals surface area contributed by atoms with Crippen LogP contribution in [0.25, 0.3) is 0 Å². The number of nitrogens with one attached hydrogen (secondary N) is 1. The van der Waals surface area contributed by atoms with Crippen molar-refractivity contribution in [2.75, 3.05) is 6.79 Å². The number of fused-ring (bicyclic) bond motifs is 1. The predicted molar refractivity (Wildman–Crippen MR) is 144 cm³/mol. The summed E-state index contributed by atoms with van der Waals surface area (Å²) in [5.74, 6) is 1.25. The third-order valence-electron chi connectivity index (χ3n) is 6.77. The fourth-order valence-corrected chi connectivity index (χ4v) is 4.49. The largest absolute Gasteiger partial charge is 0.454 e. The van der Waals surface area contributed by atoms with Gasteiger partial charge in [-0.25, -0.2) is 0 Å². The van der Waals surface area contributed by atoms with Gasteiger partial charge in [-0.15, -0.1) is 0 Å². The molecule has 6 nitrogen and oxygen atoms in total. The Balaban J connectivity index is 1.60. The van der Waals surface area contributed by atoms with Gasteiger partial charge in [-0.05, 0) is 55.5 Å². The molecule has 0 bridgehead atoms. The first kappa shape index (κ1) is 26.3. The van der Waals surface area contributed by atoms with Gasteiger partial charge in [0.15, 0.2) is 11.5 Å². The molecule has 2 amide bonds. The van der Waals surface area contributed by atoms with Gasteiger partial charge in [0.2, 0.25) is 18.6 Å². The normalized spacial score (nSPS) is 13.6. The third kappa shape index (κ3) is 7.13. The highest BCUT2D eigenvalue weighted by molar-refractivity contribution is 5.88. The van der Waals surface area contributed by atoms with Gasteiger partial charge in [-0.2, -0.15) is 0 Å². The second-order valence-electron chi connectivity index (χ2n) is 9.72. The Morgan fingerprint density at radius 3 is 2.43 bits per heavy atom. The van der Waals surface area contributed by atoms with Crippen LogP contribution in [0.1, 0.15) is 48.9 Å². The molecule has 3 aromatic carbocycles. The Hall–Kier alpha value is -3.80. The van der Waals surface area contributed by atoms with Crippen LogP contribution in [0.5, 0.6) is 11.5 Å². The van der Waals surface area contributed by atoms with Crippen LogP contribution in [-0.2, 0) is 29.0 Å². The fraction of sp³-hybridized carbons (Fsp3) is 0.355. The minimum atomic E-state index is -0.624. The smallest absolute Gasteiger partial charge is 0.243 e. The molecular weight excluding hydrogens is 464 g/mol. The van der Waals surface area contributed by atoms with E-state index in [0.29, 0.717) is 25.1 Å². The van der Waals surface area contributed by atoms with Crippen LogP contribution in [0, 0.1) is 6.92 Å². The number of carbonyl (C=O) groups excluding carboxylic acids is 2. The van der Waals surface area contributed by atoms with Crippen LogP contribution in [0.3, 0.4) is 0 Å². The van der Waals surface area contributed by atoms with Crippen molar-refractivity contribution in [1.29, 1.82) is 0 Å². The van der Waals surface area contributed by atoms with E-state index in [0.717, 1.165) is 34.4 Å².